The van der Waals surface area contributed by atoms with Crippen molar-refractivity contribution in [2.45, 2.75) is 44.4 Å². The van der Waals surface area contributed by atoms with Crippen molar-refractivity contribution in [3.8, 4) is 0 Å². The summed E-state index contributed by atoms with van der Waals surface area (Å²) in [5.41, 5.74) is 2.31. The molecule has 0 saturated carbocycles. The van der Waals surface area contributed by atoms with Crippen LogP contribution in [0.1, 0.15) is 37.8 Å². The molecule has 0 N–H and O–H groups in total. The van der Waals surface area contributed by atoms with Gasteiger partial charge in [-0.05, 0) is 46.9 Å². The van der Waals surface area contributed by atoms with E-state index in [-0.39, 0.29) is 56.3 Å². The summed E-state index contributed by atoms with van der Waals surface area (Å²) >= 11 is 0. The fourth-order valence-corrected chi connectivity index (χ4v) is 3.08. The maximum Gasteiger partial charge on any atom is 1.00 e. The molecule has 0 radical (unpaired) electrons. The van der Waals surface area contributed by atoms with Gasteiger partial charge in [-0.2, -0.15) is 0 Å². The maximum atomic E-state index is 11.2. The third-order valence-corrected chi connectivity index (χ3v) is 4.33. The van der Waals surface area contributed by atoms with E-state index in [0.717, 1.165) is 42.0 Å². The standard InChI is InChI=1S/C16H20O3S.K/c1-3-5-12-7-8-13(6-4-2)16-11-14(20(17,18)19)9-10-15(12)16;/h7-11H,3-6H2,1-2H3,(H,17,18,19);/q;+1/p-1. The summed E-state index contributed by atoms with van der Waals surface area (Å²) in [6.45, 7) is 4.20. The molecule has 0 heterocycles. The number of hydrogen-bond acceptors (Lipinski definition) is 3. The average Bonchev–Trinajstić information content (AvgIpc) is 2.40. The van der Waals surface area contributed by atoms with Crippen LogP contribution in [0.2, 0.25) is 0 Å². The number of rotatable bonds is 5. The molecule has 0 bridgehead atoms. The molecule has 0 aliphatic carbocycles. The Labute approximate surface area is 169 Å². The van der Waals surface area contributed by atoms with E-state index in [1.54, 1.807) is 6.07 Å². The first-order valence-corrected chi connectivity index (χ1v) is 8.38. The Balaban J connectivity index is 0.00000220. The molecule has 5 heteroatoms. The fourth-order valence-electron chi connectivity index (χ4n) is 2.58. The normalized spacial score (nSPS) is 11.4. The molecule has 2 aromatic carbocycles. The van der Waals surface area contributed by atoms with Crippen molar-refractivity contribution in [2.75, 3.05) is 0 Å². The molecular weight excluding hydrogens is 311 g/mol. The first-order valence-electron chi connectivity index (χ1n) is 6.97. The summed E-state index contributed by atoms with van der Waals surface area (Å²) in [6, 6.07) is 8.88. The Morgan fingerprint density at radius 1 is 0.905 bits per heavy atom. The molecule has 0 unspecified atom stereocenters. The Bertz CT molecular complexity index is 724. The Morgan fingerprint density at radius 3 is 1.90 bits per heavy atom. The summed E-state index contributed by atoms with van der Waals surface area (Å²) in [7, 11) is -4.40. The topological polar surface area (TPSA) is 57.2 Å². The van der Waals surface area contributed by atoms with Crippen molar-refractivity contribution in [3.05, 3.63) is 41.5 Å². The number of hydrogen-bond donors (Lipinski definition) is 0. The smallest absolute Gasteiger partial charge is 0.744 e. The molecule has 0 saturated heterocycles. The summed E-state index contributed by atoms with van der Waals surface area (Å²) in [5.74, 6) is 0. The quantitative estimate of drug-likeness (QED) is 0.597. The van der Waals surface area contributed by atoms with Crippen molar-refractivity contribution in [1.82, 2.24) is 0 Å². The fraction of sp³-hybridized carbons (Fsp3) is 0.375. The van der Waals surface area contributed by atoms with Crippen LogP contribution in [-0.4, -0.2) is 13.0 Å². The molecule has 0 aromatic heterocycles. The Kier molecular flexibility index (Phi) is 7.53. The van der Waals surface area contributed by atoms with Crippen LogP contribution in [0.25, 0.3) is 10.8 Å². The van der Waals surface area contributed by atoms with Crippen LogP contribution in [0.3, 0.4) is 0 Å². The summed E-state index contributed by atoms with van der Waals surface area (Å²) in [4.78, 5) is -0.143. The first kappa shape index (κ1) is 19.3. The van der Waals surface area contributed by atoms with Gasteiger partial charge in [0.05, 0.1) is 4.90 Å². The van der Waals surface area contributed by atoms with Crippen molar-refractivity contribution in [2.24, 2.45) is 0 Å². The van der Waals surface area contributed by atoms with Gasteiger partial charge in [-0.1, -0.05) is 44.9 Å². The first-order chi connectivity index (χ1) is 9.47. The SMILES string of the molecule is CCCc1ccc(CCC)c2cc(S(=O)(=O)[O-])ccc12.[K+]. The van der Waals surface area contributed by atoms with Crippen LogP contribution >= 0.6 is 0 Å². The predicted octanol–water partition coefficient (Wildman–Crippen LogP) is 0.653. The minimum Gasteiger partial charge on any atom is -0.744 e. The number of aryl methyl sites for hydroxylation is 2. The van der Waals surface area contributed by atoms with Gasteiger partial charge >= 0.3 is 51.4 Å². The van der Waals surface area contributed by atoms with E-state index in [1.165, 1.54) is 17.7 Å². The molecule has 0 spiro atoms. The summed E-state index contributed by atoms with van der Waals surface area (Å²) in [6.07, 6.45) is 3.85. The van der Waals surface area contributed by atoms with E-state index in [9.17, 15) is 13.0 Å². The third-order valence-electron chi connectivity index (χ3n) is 3.50. The molecule has 2 aromatic rings. The third kappa shape index (κ3) is 4.61. The molecule has 0 aliphatic rings. The number of fused-ring (bicyclic) bond motifs is 1. The molecular formula is C16H19KO3S. The van der Waals surface area contributed by atoms with Crippen molar-refractivity contribution in [3.63, 3.8) is 0 Å². The van der Waals surface area contributed by atoms with Crippen molar-refractivity contribution in [1.29, 1.82) is 0 Å². The Hall–Kier alpha value is 0.246. The van der Waals surface area contributed by atoms with Gasteiger partial charge in [0.25, 0.3) is 0 Å². The second kappa shape index (κ2) is 8.20. The van der Waals surface area contributed by atoms with Crippen LogP contribution in [0, 0.1) is 0 Å². The van der Waals surface area contributed by atoms with Crippen molar-refractivity contribution < 1.29 is 64.4 Å². The van der Waals surface area contributed by atoms with E-state index in [0.29, 0.717) is 0 Å². The molecule has 0 amide bonds. The second-order valence-corrected chi connectivity index (χ2v) is 6.42. The van der Waals surface area contributed by atoms with Gasteiger partial charge in [-0.15, -0.1) is 0 Å². The minimum atomic E-state index is -4.40. The van der Waals surface area contributed by atoms with Gasteiger partial charge in [0.1, 0.15) is 10.1 Å². The van der Waals surface area contributed by atoms with Gasteiger partial charge in [0.2, 0.25) is 0 Å². The van der Waals surface area contributed by atoms with E-state index in [2.05, 4.69) is 26.0 Å². The van der Waals surface area contributed by atoms with Gasteiger partial charge in [0, 0.05) is 0 Å². The monoisotopic (exact) mass is 330 g/mol. The molecule has 0 aliphatic heterocycles. The van der Waals surface area contributed by atoms with Gasteiger partial charge in [-0.3, -0.25) is 0 Å². The van der Waals surface area contributed by atoms with E-state index in [4.69, 9.17) is 0 Å². The van der Waals surface area contributed by atoms with Gasteiger partial charge in [-0.25, -0.2) is 8.42 Å². The molecule has 108 valence electrons. The largest absolute Gasteiger partial charge is 1.00 e. The zero-order valence-corrected chi connectivity index (χ0v) is 16.8. The average molecular weight is 330 g/mol. The minimum absolute atomic E-state index is 0. The van der Waals surface area contributed by atoms with Gasteiger partial charge < -0.3 is 4.55 Å². The van der Waals surface area contributed by atoms with E-state index in [1.807, 2.05) is 0 Å². The predicted molar refractivity (Wildman–Crippen MR) is 79.9 cm³/mol. The Morgan fingerprint density at radius 2 is 1.43 bits per heavy atom. The van der Waals surface area contributed by atoms with Crippen LogP contribution in [0.5, 0.6) is 0 Å². The zero-order chi connectivity index (χ0) is 14.8. The molecule has 21 heavy (non-hydrogen) atoms. The van der Waals surface area contributed by atoms with E-state index >= 15 is 0 Å². The summed E-state index contributed by atoms with van der Waals surface area (Å²) < 4.78 is 33.6. The zero-order valence-electron chi connectivity index (χ0n) is 12.8. The maximum absolute atomic E-state index is 11.2. The summed E-state index contributed by atoms with van der Waals surface area (Å²) in [5, 5.41) is 1.96. The molecule has 0 fully saturated rings. The van der Waals surface area contributed by atoms with Crippen LogP contribution < -0.4 is 51.4 Å². The van der Waals surface area contributed by atoms with Crippen molar-refractivity contribution >= 4 is 20.9 Å². The molecule has 2 rings (SSSR count). The molecule has 3 nitrogen and oxygen atoms in total. The van der Waals surface area contributed by atoms with Crippen LogP contribution in [0.4, 0.5) is 0 Å². The second-order valence-electron chi connectivity index (χ2n) is 5.05. The number of benzene rings is 2. The van der Waals surface area contributed by atoms with Crippen LogP contribution in [-0.2, 0) is 23.0 Å². The molecule has 0 atom stereocenters. The van der Waals surface area contributed by atoms with Gasteiger partial charge in [0.15, 0.2) is 0 Å². The van der Waals surface area contributed by atoms with Crippen LogP contribution in [0.15, 0.2) is 35.2 Å². The van der Waals surface area contributed by atoms with E-state index < -0.39 is 10.1 Å².